The Morgan fingerprint density at radius 3 is 1.45 bits per heavy atom. The zero-order chi connectivity index (χ0) is 15.4. The fraction of sp³-hybridized carbons (Fsp3) is 0. The van der Waals surface area contributed by atoms with Crippen molar-refractivity contribution in [3.8, 4) is 0 Å². The minimum Gasteiger partial charge on any atom is -0.759 e. The molecule has 0 saturated heterocycles. The molecule has 0 atom stereocenters. The molecule has 0 fully saturated rings. The Kier molecular flexibility index (Phi) is 8.98. The van der Waals surface area contributed by atoms with Crippen molar-refractivity contribution in [3.63, 3.8) is 0 Å². The molecule has 0 aliphatic heterocycles. The lowest BCUT2D eigenvalue weighted by Gasteiger charge is -2.06. The molecule has 2 aromatic carbocycles. The number of thiol groups is 1. The molecular formula is C12H11N2O4S2-. The van der Waals surface area contributed by atoms with Crippen molar-refractivity contribution in [1.29, 1.82) is 5.39 Å². The number of hydrogen-bond acceptors (Lipinski definition) is 6. The third kappa shape index (κ3) is 14.1. The van der Waals surface area contributed by atoms with Crippen LogP contribution >= 0.6 is 12.6 Å². The van der Waals surface area contributed by atoms with Crippen LogP contribution in [-0.2, 0) is 10.4 Å². The average Bonchev–Trinajstić information content (AvgIpc) is 2.40. The Hall–Kier alpha value is -1.92. The molecule has 0 bridgehead atoms. The number of rotatable bonds is 0. The second-order valence-electron chi connectivity index (χ2n) is 3.18. The Morgan fingerprint density at radius 1 is 0.900 bits per heavy atom. The van der Waals surface area contributed by atoms with Crippen molar-refractivity contribution in [3.05, 3.63) is 65.6 Å². The molecule has 2 rings (SSSR count). The van der Waals surface area contributed by atoms with Gasteiger partial charge in [0.15, 0.2) is 4.98 Å². The zero-order valence-corrected chi connectivity index (χ0v) is 11.9. The highest BCUT2D eigenvalue weighted by Crippen LogP contribution is 2.13. The minimum atomic E-state index is -5.17. The average molecular weight is 311 g/mol. The van der Waals surface area contributed by atoms with Crippen molar-refractivity contribution in [1.82, 2.24) is 0 Å². The topological polar surface area (TPSA) is 108 Å². The number of benzene rings is 2. The molecule has 20 heavy (non-hydrogen) atoms. The molecule has 6 nitrogen and oxygen atoms in total. The van der Waals surface area contributed by atoms with Crippen LogP contribution in [-0.4, -0.2) is 17.5 Å². The van der Waals surface area contributed by atoms with E-state index in [0.717, 1.165) is 4.90 Å². The molecule has 0 radical (unpaired) electrons. The molecule has 0 saturated carbocycles. The molecule has 8 heteroatoms. The Balaban J connectivity index is 0.000000288. The van der Waals surface area contributed by atoms with E-state index in [4.69, 9.17) is 22.9 Å². The summed E-state index contributed by atoms with van der Waals surface area (Å²) < 4.78 is 34.1. The van der Waals surface area contributed by atoms with E-state index in [1.165, 1.54) is 0 Å². The van der Waals surface area contributed by atoms with Gasteiger partial charge >= 0.3 is 5.69 Å². The van der Waals surface area contributed by atoms with E-state index in [-0.39, 0.29) is 0 Å². The molecule has 0 unspecified atom stereocenters. The maximum atomic E-state index is 8.52. The van der Waals surface area contributed by atoms with Crippen LogP contribution in [0.4, 0.5) is 5.69 Å². The van der Waals surface area contributed by atoms with E-state index in [9.17, 15) is 0 Å². The highest BCUT2D eigenvalue weighted by atomic mass is 32.3. The second kappa shape index (κ2) is 9.94. The van der Waals surface area contributed by atoms with E-state index in [1.807, 2.05) is 36.4 Å². The van der Waals surface area contributed by atoms with Gasteiger partial charge in [0, 0.05) is 27.4 Å². The van der Waals surface area contributed by atoms with Gasteiger partial charge in [0.05, 0.1) is 0 Å². The van der Waals surface area contributed by atoms with Crippen LogP contribution in [0.5, 0.6) is 0 Å². The SMILES string of the molecule is N#[N+]c1ccc(S)cc1.O=S(=O)([O-])[O-].c1ccccc1. The van der Waals surface area contributed by atoms with E-state index in [0.29, 0.717) is 5.69 Å². The van der Waals surface area contributed by atoms with Gasteiger partial charge in [0.2, 0.25) is 5.39 Å². The first-order chi connectivity index (χ1) is 9.33. The lowest BCUT2D eigenvalue weighted by molar-refractivity contribution is 0.352. The molecular weight excluding hydrogens is 300 g/mol. The van der Waals surface area contributed by atoms with E-state index >= 15 is 0 Å². The van der Waals surface area contributed by atoms with Crippen molar-refractivity contribution < 1.29 is 17.5 Å². The third-order valence-electron chi connectivity index (χ3n) is 1.63. The maximum Gasteiger partial charge on any atom is 0.385 e. The Morgan fingerprint density at radius 2 is 1.20 bits per heavy atom. The van der Waals surface area contributed by atoms with Gasteiger partial charge in [-0.2, -0.15) is 0 Å². The second-order valence-corrected chi connectivity index (χ2v) is 4.51. The van der Waals surface area contributed by atoms with Crippen molar-refractivity contribution in [2.45, 2.75) is 4.90 Å². The van der Waals surface area contributed by atoms with E-state index in [1.54, 1.807) is 24.3 Å². The standard InChI is InChI=1S/C6H4N2S.C6H6.H2O4S/c7-8-5-1-3-6(9)4-2-5;1-2-4-6-5-3-1;1-5(2,3)4/h1-4H;1-6H;(H2,1,2,3,4)/p-1. The molecule has 0 aromatic heterocycles. The normalized spacial score (nSPS) is 9.10. The smallest absolute Gasteiger partial charge is 0.385 e. The van der Waals surface area contributed by atoms with Crippen LogP contribution in [0.15, 0.2) is 65.6 Å². The van der Waals surface area contributed by atoms with Gasteiger partial charge < -0.3 is 9.11 Å². The van der Waals surface area contributed by atoms with Crippen LogP contribution in [0.3, 0.4) is 0 Å². The Bertz CT molecular complexity index is 588. The van der Waals surface area contributed by atoms with Gasteiger partial charge in [-0.15, -0.1) is 12.6 Å². The quantitative estimate of drug-likeness (QED) is 0.348. The number of hydrogen-bond donors (Lipinski definition) is 1. The van der Waals surface area contributed by atoms with Crippen molar-refractivity contribution in [2.75, 3.05) is 0 Å². The summed E-state index contributed by atoms with van der Waals surface area (Å²) >= 11 is 4.05. The van der Waals surface area contributed by atoms with Crippen LogP contribution in [0.1, 0.15) is 0 Å². The summed E-state index contributed by atoms with van der Waals surface area (Å²) in [4.78, 5) is 3.84. The first kappa shape index (κ1) is 18.1. The zero-order valence-electron chi connectivity index (χ0n) is 10.2. The highest BCUT2D eigenvalue weighted by Gasteiger charge is 1.99. The molecule has 0 aliphatic rings. The van der Waals surface area contributed by atoms with Gasteiger partial charge in [-0.05, 0) is 12.1 Å². The van der Waals surface area contributed by atoms with Crippen LogP contribution in [0.2, 0.25) is 0 Å². The summed E-state index contributed by atoms with van der Waals surface area (Å²) in [5.41, 5.74) is 0.549. The molecule has 0 spiro atoms. The predicted octanol–water partition coefficient (Wildman–Crippen LogP) is 2.81. The first-order valence-corrected chi connectivity index (χ1v) is 6.92. The molecule has 0 N–H and O–H groups in total. The van der Waals surface area contributed by atoms with Crippen molar-refractivity contribution >= 4 is 28.7 Å². The third-order valence-corrected chi connectivity index (χ3v) is 1.93. The van der Waals surface area contributed by atoms with E-state index in [2.05, 4.69) is 17.6 Å². The van der Waals surface area contributed by atoms with Gasteiger partial charge in [-0.1, -0.05) is 36.4 Å². The van der Waals surface area contributed by atoms with Gasteiger partial charge in [0.1, 0.15) is 0 Å². The molecule has 0 amide bonds. The van der Waals surface area contributed by atoms with Gasteiger partial charge in [-0.25, -0.2) is 0 Å². The maximum absolute atomic E-state index is 8.52. The summed E-state index contributed by atoms with van der Waals surface area (Å²) in [6.45, 7) is 0. The summed E-state index contributed by atoms with van der Waals surface area (Å²) in [7, 11) is -5.17. The molecule has 106 valence electrons. The number of diazo groups is 1. The summed E-state index contributed by atoms with van der Waals surface area (Å²) in [5, 5.41) is 8.23. The highest BCUT2D eigenvalue weighted by molar-refractivity contribution is 7.80. The van der Waals surface area contributed by atoms with Crippen LogP contribution < -0.4 is 0 Å². The van der Waals surface area contributed by atoms with E-state index < -0.39 is 10.4 Å². The largest absolute Gasteiger partial charge is 0.759 e. The van der Waals surface area contributed by atoms with Crippen molar-refractivity contribution in [2.24, 2.45) is 0 Å². The van der Waals surface area contributed by atoms with Gasteiger partial charge in [0.25, 0.3) is 0 Å². The Labute approximate surface area is 122 Å². The predicted molar refractivity (Wildman–Crippen MR) is 75.4 cm³/mol. The molecule has 2 aromatic rings. The summed E-state index contributed by atoms with van der Waals surface area (Å²) in [5.74, 6) is 0. The first-order valence-electron chi connectivity index (χ1n) is 5.14. The monoisotopic (exact) mass is 311 g/mol. The summed E-state index contributed by atoms with van der Waals surface area (Å²) in [6.07, 6.45) is 0. The fourth-order valence-electron chi connectivity index (χ4n) is 0.904. The molecule has 0 aliphatic carbocycles. The van der Waals surface area contributed by atoms with Crippen LogP contribution in [0.25, 0.3) is 4.98 Å². The van der Waals surface area contributed by atoms with Gasteiger partial charge in [-0.3, -0.25) is 8.42 Å². The number of nitrogens with zero attached hydrogens (tertiary/aromatic N) is 2. The minimum absolute atomic E-state index is 0.549. The lowest BCUT2D eigenvalue weighted by atomic mass is 10.3. The lowest BCUT2D eigenvalue weighted by Crippen LogP contribution is -1.91. The summed E-state index contributed by atoms with van der Waals surface area (Å²) in [6, 6.07) is 18.9. The molecule has 0 heterocycles. The fourth-order valence-corrected chi connectivity index (χ4v) is 1.05. The van der Waals surface area contributed by atoms with Crippen LogP contribution in [0, 0.1) is 5.39 Å².